The molecule has 1 saturated heterocycles. The van der Waals surface area contributed by atoms with Crippen LogP contribution in [0, 0.1) is 12.8 Å². The summed E-state index contributed by atoms with van der Waals surface area (Å²) in [4.78, 5) is 6.97. The smallest absolute Gasteiger partial charge is 0.154 e. The molecule has 0 spiro atoms. The normalized spacial score (nSPS) is 15.8. The molecule has 124 valence electrons. The van der Waals surface area contributed by atoms with Crippen molar-refractivity contribution < 1.29 is 4.74 Å². The van der Waals surface area contributed by atoms with Crippen LogP contribution in [-0.4, -0.2) is 34.3 Å². The summed E-state index contributed by atoms with van der Waals surface area (Å²) < 4.78 is 7.83. The summed E-state index contributed by atoms with van der Waals surface area (Å²) in [6.07, 6.45) is 6.00. The van der Waals surface area contributed by atoms with Crippen molar-refractivity contribution in [1.29, 1.82) is 0 Å². The number of para-hydroxylation sites is 1. The highest BCUT2D eigenvalue weighted by Crippen LogP contribution is 2.26. The van der Waals surface area contributed by atoms with Gasteiger partial charge >= 0.3 is 0 Å². The maximum absolute atomic E-state index is 5.91. The number of hydrogen-bond acceptors (Lipinski definition) is 4. The van der Waals surface area contributed by atoms with E-state index in [9.17, 15) is 0 Å². The minimum Gasteiger partial charge on any atom is -0.493 e. The van der Waals surface area contributed by atoms with Crippen molar-refractivity contribution >= 4 is 11.3 Å². The van der Waals surface area contributed by atoms with Crippen LogP contribution in [-0.2, 0) is 0 Å². The molecule has 0 unspecified atom stereocenters. The third-order valence-electron chi connectivity index (χ3n) is 4.63. The Morgan fingerprint density at radius 1 is 1.17 bits per heavy atom. The summed E-state index contributed by atoms with van der Waals surface area (Å²) in [6.45, 7) is 4.84. The summed E-state index contributed by atoms with van der Waals surface area (Å²) in [5.74, 6) is 2.61. The van der Waals surface area contributed by atoms with Gasteiger partial charge in [-0.1, -0.05) is 18.2 Å². The largest absolute Gasteiger partial charge is 0.493 e. The lowest BCUT2D eigenvalue weighted by atomic mass is 9.98. The number of aromatic nitrogens is 3. The van der Waals surface area contributed by atoms with Gasteiger partial charge in [-0.15, -0.1) is 0 Å². The number of piperidine rings is 1. The van der Waals surface area contributed by atoms with E-state index in [1.54, 1.807) is 0 Å². The minimum absolute atomic E-state index is 0.604. The first kappa shape index (κ1) is 15.0. The number of ether oxygens (including phenoxy) is 1. The quantitative estimate of drug-likeness (QED) is 0.739. The zero-order chi connectivity index (χ0) is 16.4. The number of fused-ring (bicyclic) bond motifs is 1. The number of anilines is 1. The zero-order valence-corrected chi connectivity index (χ0v) is 13.9. The van der Waals surface area contributed by atoms with Gasteiger partial charge in [0.1, 0.15) is 11.3 Å². The zero-order valence-electron chi connectivity index (χ0n) is 13.9. The van der Waals surface area contributed by atoms with E-state index >= 15 is 0 Å². The molecule has 1 fully saturated rings. The average Bonchev–Trinajstić information content (AvgIpc) is 3.01. The van der Waals surface area contributed by atoms with E-state index in [-0.39, 0.29) is 0 Å². The number of rotatable bonds is 4. The van der Waals surface area contributed by atoms with E-state index in [1.165, 1.54) is 0 Å². The Labute approximate surface area is 141 Å². The highest BCUT2D eigenvalue weighted by Gasteiger charge is 2.22. The van der Waals surface area contributed by atoms with Crippen molar-refractivity contribution in [3.63, 3.8) is 0 Å². The average molecular weight is 322 g/mol. The summed E-state index contributed by atoms with van der Waals surface area (Å²) in [7, 11) is 0. The first-order valence-corrected chi connectivity index (χ1v) is 8.53. The van der Waals surface area contributed by atoms with Gasteiger partial charge < -0.3 is 9.64 Å². The first-order valence-electron chi connectivity index (χ1n) is 8.53. The molecule has 3 heterocycles. The van der Waals surface area contributed by atoms with Crippen LogP contribution in [0.2, 0.25) is 0 Å². The van der Waals surface area contributed by atoms with E-state index in [1.807, 2.05) is 54.2 Å². The van der Waals surface area contributed by atoms with Crippen molar-refractivity contribution in [3.05, 3.63) is 54.5 Å². The molecule has 24 heavy (non-hydrogen) atoms. The van der Waals surface area contributed by atoms with Gasteiger partial charge in [-0.3, -0.25) is 0 Å². The highest BCUT2D eigenvalue weighted by molar-refractivity contribution is 5.69. The summed E-state index contributed by atoms with van der Waals surface area (Å²) in [6, 6.07) is 12.2. The molecule has 1 aromatic carbocycles. The molecule has 0 N–H and O–H groups in total. The molecule has 3 aromatic rings. The Morgan fingerprint density at radius 3 is 2.75 bits per heavy atom. The fourth-order valence-electron chi connectivity index (χ4n) is 3.32. The Kier molecular flexibility index (Phi) is 4.07. The lowest BCUT2D eigenvalue weighted by molar-refractivity contribution is 0.222. The highest BCUT2D eigenvalue weighted by atomic mass is 16.5. The summed E-state index contributed by atoms with van der Waals surface area (Å²) >= 11 is 0. The Hall–Kier alpha value is -2.56. The monoisotopic (exact) mass is 322 g/mol. The Morgan fingerprint density at radius 2 is 1.96 bits per heavy atom. The second-order valence-electron chi connectivity index (χ2n) is 6.42. The second kappa shape index (κ2) is 6.51. The van der Waals surface area contributed by atoms with Gasteiger partial charge in [0.15, 0.2) is 5.82 Å². The third kappa shape index (κ3) is 3.07. The summed E-state index contributed by atoms with van der Waals surface area (Å²) in [5, 5.41) is 4.48. The van der Waals surface area contributed by atoms with Gasteiger partial charge in [-0.2, -0.15) is 5.10 Å². The van der Waals surface area contributed by atoms with Crippen LogP contribution >= 0.6 is 0 Å². The van der Waals surface area contributed by atoms with Gasteiger partial charge in [0.05, 0.1) is 12.3 Å². The molecular formula is C19H22N4O. The number of aryl methyl sites for hydroxylation is 1. The van der Waals surface area contributed by atoms with Crippen molar-refractivity contribution in [2.24, 2.45) is 5.92 Å². The van der Waals surface area contributed by atoms with Crippen LogP contribution in [0.5, 0.6) is 5.75 Å². The van der Waals surface area contributed by atoms with Crippen LogP contribution in [0.3, 0.4) is 0 Å². The molecule has 0 saturated carbocycles. The molecule has 1 aliphatic rings. The molecular weight excluding hydrogens is 300 g/mol. The van der Waals surface area contributed by atoms with Crippen LogP contribution in [0.1, 0.15) is 18.5 Å². The van der Waals surface area contributed by atoms with E-state index < -0.39 is 0 Å². The van der Waals surface area contributed by atoms with E-state index in [2.05, 4.69) is 21.0 Å². The van der Waals surface area contributed by atoms with Crippen LogP contribution < -0.4 is 9.64 Å². The van der Waals surface area contributed by atoms with Crippen molar-refractivity contribution in [1.82, 2.24) is 14.6 Å². The summed E-state index contributed by atoms with van der Waals surface area (Å²) in [5.41, 5.74) is 2.12. The molecule has 0 aliphatic carbocycles. The Balaban J connectivity index is 1.39. The standard InChI is InChI=1S/C19H22N4O/c1-15-13-18-19(20-9-12-23(18)21-15)22-10-7-16(8-11-22)14-24-17-5-3-2-4-6-17/h2-6,9,12-13,16H,7-8,10-11,14H2,1H3. The topological polar surface area (TPSA) is 42.7 Å². The fraction of sp³-hybridized carbons (Fsp3) is 0.368. The molecule has 0 atom stereocenters. The molecule has 2 aromatic heterocycles. The van der Waals surface area contributed by atoms with Gasteiger partial charge in [0.25, 0.3) is 0 Å². The van der Waals surface area contributed by atoms with Crippen LogP contribution in [0.25, 0.3) is 5.52 Å². The molecule has 5 nitrogen and oxygen atoms in total. The van der Waals surface area contributed by atoms with Crippen LogP contribution in [0.15, 0.2) is 48.8 Å². The molecule has 0 bridgehead atoms. The lowest BCUT2D eigenvalue weighted by Gasteiger charge is -2.32. The second-order valence-corrected chi connectivity index (χ2v) is 6.42. The lowest BCUT2D eigenvalue weighted by Crippen LogP contribution is -2.36. The number of nitrogens with zero attached hydrogens (tertiary/aromatic N) is 4. The molecule has 5 heteroatoms. The molecule has 1 aliphatic heterocycles. The Bertz CT molecular complexity index is 807. The molecule has 0 radical (unpaired) electrons. The minimum atomic E-state index is 0.604. The first-order chi connectivity index (χ1) is 11.8. The molecule has 0 amide bonds. The van der Waals surface area contributed by atoms with Crippen molar-refractivity contribution in [3.8, 4) is 5.75 Å². The van der Waals surface area contributed by atoms with Crippen molar-refractivity contribution in [2.75, 3.05) is 24.6 Å². The number of hydrogen-bond donors (Lipinski definition) is 0. The fourth-order valence-corrected chi connectivity index (χ4v) is 3.32. The van der Waals surface area contributed by atoms with Gasteiger partial charge in [-0.25, -0.2) is 9.50 Å². The van der Waals surface area contributed by atoms with Gasteiger partial charge in [0.2, 0.25) is 0 Å². The van der Waals surface area contributed by atoms with E-state index in [4.69, 9.17) is 4.74 Å². The number of benzene rings is 1. The predicted octanol–water partition coefficient (Wildman–Crippen LogP) is 3.33. The SMILES string of the molecule is Cc1cc2c(N3CCC(COc4ccccc4)CC3)nccn2n1. The van der Waals surface area contributed by atoms with E-state index in [0.717, 1.165) is 55.3 Å². The third-order valence-corrected chi connectivity index (χ3v) is 4.63. The maximum Gasteiger partial charge on any atom is 0.154 e. The van der Waals surface area contributed by atoms with Gasteiger partial charge in [-0.05, 0) is 43.9 Å². The predicted molar refractivity (Wildman–Crippen MR) is 94.6 cm³/mol. The van der Waals surface area contributed by atoms with Crippen LogP contribution in [0.4, 0.5) is 5.82 Å². The van der Waals surface area contributed by atoms with E-state index in [0.29, 0.717) is 5.92 Å². The molecule has 4 rings (SSSR count). The van der Waals surface area contributed by atoms with Crippen molar-refractivity contribution in [2.45, 2.75) is 19.8 Å². The van der Waals surface area contributed by atoms with Gasteiger partial charge in [0, 0.05) is 25.5 Å². The maximum atomic E-state index is 5.91.